The summed E-state index contributed by atoms with van der Waals surface area (Å²) in [7, 11) is 0. The predicted molar refractivity (Wildman–Crippen MR) is 163 cm³/mol. The molecule has 4 aromatic rings. The van der Waals surface area contributed by atoms with Crippen molar-refractivity contribution in [2.45, 2.75) is 25.5 Å². The molecule has 41 heavy (non-hydrogen) atoms. The Morgan fingerprint density at radius 3 is 2.46 bits per heavy atom. The third kappa shape index (κ3) is 8.01. The van der Waals surface area contributed by atoms with Crippen LogP contribution < -0.4 is 20.2 Å². The Morgan fingerprint density at radius 2 is 1.71 bits per heavy atom. The Kier molecular flexibility index (Phi) is 10.2. The van der Waals surface area contributed by atoms with Gasteiger partial charge in [-0.15, -0.1) is 6.42 Å². The Labute approximate surface area is 248 Å². The van der Waals surface area contributed by atoms with Gasteiger partial charge in [-0.05, 0) is 47.5 Å². The minimum absolute atomic E-state index is 0.0816. The largest absolute Gasteiger partial charge is 0.480 e. The number of nitrogens with zero attached hydrogens (tertiary/aromatic N) is 1. The summed E-state index contributed by atoms with van der Waals surface area (Å²) < 4.78 is 11.4. The highest BCUT2D eigenvalue weighted by molar-refractivity contribution is 6.35. The fourth-order valence-corrected chi connectivity index (χ4v) is 4.51. The molecule has 2 amide bonds. The van der Waals surface area contributed by atoms with Gasteiger partial charge in [-0.2, -0.15) is 5.10 Å². The van der Waals surface area contributed by atoms with Crippen molar-refractivity contribution >= 4 is 52.0 Å². The first-order valence-electron chi connectivity index (χ1n) is 12.7. The summed E-state index contributed by atoms with van der Waals surface area (Å²) in [6.07, 6.45) is 6.15. The molecule has 0 saturated heterocycles. The molecule has 0 radical (unpaired) electrons. The van der Waals surface area contributed by atoms with Crippen LogP contribution in [0.15, 0.2) is 90.0 Å². The molecule has 0 unspecified atom stereocenters. The van der Waals surface area contributed by atoms with Gasteiger partial charge in [-0.1, -0.05) is 89.8 Å². The van der Waals surface area contributed by atoms with Crippen molar-refractivity contribution in [3.63, 3.8) is 0 Å². The van der Waals surface area contributed by atoms with Gasteiger partial charge in [0, 0.05) is 17.0 Å². The van der Waals surface area contributed by atoms with Crippen molar-refractivity contribution in [2.75, 3.05) is 6.61 Å². The van der Waals surface area contributed by atoms with E-state index < -0.39 is 24.0 Å². The normalized spacial score (nSPS) is 12.3. The lowest BCUT2D eigenvalue weighted by molar-refractivity contribution is -0.132. The van der Waals surface area contributed by atoms with Gasteiger partial charge in [0.1, 0.15) is 24.1 Å². The second-order valence-electron chi connectivity index (χ2n) is 9.01. The summed E-state index contributed by atoms with van der Waals surface area (Å²) in [4.78, 5) is 26.4. The molecule has 7 nitrogen and oxygen atoms in total. The second kappa shape index (κ2) is 14.2. The van der Waals surface area contributed by atoms with E-state index in [1.54, 1.807) is 25.1 Å². The maximum Gasteiger partial charge on any atom is 0.262 e. The predicted octanol–water partition coefficient (Wildman–Crippen LogP) is 5.80. The molecule has 208 valence electrons. The van der Waals surface area contributed by atoms with Crippen molar-refractivity contribution in [1.82, 2.24) is 10.7 Å². The number of halogens is 2. The Hall–Kier alpha value is -4.51. The maximum absolute atomic E-state index is 13.3. The third-order valence-corrected chi connectivity index (χ3v) is 6.62. The van der Waals surface area contributed by atoms with E-state index in [0.717, 1.165) is 16.3 Å². The lowest BCUT2D eigenvalue weighted by atomic mass is 10.0. The molecule has 0 aliphatic rings. The summed E-state index contributed by atoms with van der Waals surface area (Å²) in [6.45, 7) is 1.65. The zero-order valence-corrected chi connectivity index (χ0v) is 23.7. The minimum Gasteiger partial charge on any atom is -0.480 e. The SMILES string of the molecule is C#CCOc1ccc2ccccc2c1/C=N\NC(=O)[C@@H](Cc1ccccc1)NC(=O)[C@H](C)Oc1ccc(Cl)cc1Cl. The van der Waals surface area contributed by atoms with E-state index in [-0.39, 0.29) is 18.1 Å². The van der Waals surface area contributed by atoms with Gasteiger partial charge < -0.3 is 14.8 Å². The molecule has 0 aliphatic heterocycles. The van der Waals surface area contributed by atoms with E-state index in [2.05, 4.69) is 21.8 Å². The van der Waals surface area contributed by atoms with E-state index >= 15 is 0 Å². The smallest absolute Gasteiger partial charge is 0.262 e. The van der Waals surface area contributed by atoms with Gasteiger partial charge in [-0.3, -0.25) is 9.59 Å². The van der Waals surface area contributed by atoms with Gasteiger partial charge in [-0.25, -0.2) is 5.43 Å². The van der Waals surface area contributed by atoms with E-state index in [1.165, 1.54) is 12.3 Å². The molecular weight excluding hydrogens is 561 g/mol. The van der Waals surface area contributed by atoms with Crippen LogP contribution in [0.25, 0.3) is 10.8 Å². The number of fused-ring (bicyclic) bond motifs is 1. The number of hydrazone groups is 1. The number of rotatable bonds is 11. The third-order valence-electron chi connectivity index (χ3n) is 6.09. The minimum atomic E-state index is -0.949. The average molecular weight is 588 g/mol. The maximum atomic E-state index is 13.3. The summed E-state index contributed by atoms with van der Waals surface area (Å²) >= 11 is 12.1. The Morgan fingerprint density at radius 1 is 0.976 bits per heavy atom. The highest BCUT2D eigenvalue weighted by atomic mass is 35.5. The summed E-state index contributed by atoms with van der Waals surface area (Å²) in [6, 6.07) is 24.5. The Bertz CT molecular complexity index is 1600. The van der Waals surface area contributed by atoms with Gasteiger partial charge >= 0.3 is 0 Å². The number of carbonyl (C=O) groups is 2. The molecular formula is C32H27Cl2N3O4. The highest BCUT2D eigenvalue weighted by Crippen LogP contribution is 2.29. The monoisotopic (exact) mass is 587 g/mol. The molecule has 4 rings (SSSR count). The molecule has 0 spiro atoms. The summed E-state index contributed by atoms with van der Waals surface area (Å²) in [5, 5.41) is 9.52. The van der Waals surface area contributed by atoms with Crippen LogP contribution in [0.1, 0.15) is 18.1 Å². The molecule has 0 fully saturated rings. The summed E-state index contributed by atoms with van der Waals surface area (Å²) in [5.41, 5.74) is 4.06. The fraction of sp³-hybridized carbons (Fsp3) is 0.156. The van der Waals surface area contributed by atoms with Crippen molar-refractivity contribution < 1.29 is 19.1 Å². The van der Waals surface area contributed by atoms with Crippen molar-refractivity contribution in [1.29, 1.82) is 0 Å². The lowest BCUT2D eigenvalue weighted by Crippen LogP contribution is -2.50. The van der Waals surface area contributed by atoms with Crippen LogP contribution in [0.2, 0.25) is 10.0 Å². The first kappa shape index (κ1) is 29.5. The molecule has 0 aliphatic carbocycles. The van der Waals surface area contributed by atoms with Crippen molar-refractivity contribution in [3.8, 4) is 23.8 Å². The number of amides is 2. The number of nitrogens with one attached hydrogen (secondary N) is 2. The van der Waals surface area contributed by atoms with E-state index in [4.69, 9.17) is 39.1 Å². The lowest BCUT2D eigenvalue weighted by Gasteiger charge is -2.21. The first-order chi connectivity index (χ1) is 19.9. The van der Waals surface area contributed by atoms with Crippen LogP contribution in [0.4, 0.5) is 0 Å². The quantitative estimate of drug-likeness (QED) is 0.132. The van der Waals surface area contributed by atoms with E-state index in [0.29, 0.717) is 22.1 Å². The van der Waals surface area contributed by atoms with Gasteiger partial charge in [0.25, 0.3) is 11.8 Å². The number of carbonyl (C=O) groups excluding carboxylic acids is 2. The molecule has 9 heteroatoms. The standard InChI is InChI=1S/C32H27Cl2N3O4/c1-3-17-40-29-15-13-23-11-7-8-12-25(23)26(29)20-35-37-32(39)28(18-22-9-5-4-6-10-22)36-31(38)21(2)41-30-16-14-24(33)19-27(30)34/h1,4-16,19-21,28H,17-18H2,2H3,(H,36,38)(H,37,39)/b35-20-/t21-,28+/m0/s1. The van der Waals surface area contributed by atoms with Crippen LogP contribution in [-0.2, 0) is 16.0 Å². The molecule has 4 aromatic carbocycles. The number of hydrogen-bond acceptors (Lipinski definition) is 5. The average Bonchev–Trinajstić information content (AvgIpc) is 2.98. The zero-order valence-electron chi connectivity index (χ0n) is 22.1. The number of benzene rings is 4. The van der Waals surface area contributed by atoms with Crippen LogP contribution >= 0.6 is 23.2 Å². The molecule has 0 saturated carbocycles. The van der Waals surface area contributed by atoms with Gasteiger partial charge in [0.05, 0.1) is 11.2 Å². The Balaban J connectivity index is 1.51. The number of terminal acetylenes is 1. The van der Waals surface area contributed by atoms with E-state index in [1.807, 2.05) is 60.7 Å². The highest BCUT2D eigenvalue weighted by Gasteiger charge is 2.25. The van der Waals surface area contributed by atoms with Crippen molar-refractivity contribution in [3.05, 3.63) is 106 Å². The van der Waals surface area contributed by atoms with E-state index in [9.17, 15) is 9.59 Å². The topological polar surface area (TPSA) is 89.0 Å². The molecule has 2 atom stereocenters. The first-order valence-corrected chi connectivity index (χ1v) is 13.5. The number of ether oxygens (including phenoxy) is 2. The molecule has 0 aromatic heterocycles. The van der Waals surface area contributed by atoms with Crippen molar-refractivity contribution in [2.24, 2.45) is 5.10 Å². The van der Waals surface area contributed by atoms with Gasteiger partial charge in [0.15, 0.2) is 6.10 Å². The van der Waals surface area contributed by atoms with Crippen LogP contribution in [-0.4, -0.2) is 36.8 Å². The van der Waals surface area contributed by atoms with Crippen LogP contribution in [0, 0.1) is 12.3 Å². The van der Waals surface area contributed by atoms with Gasteiger partial charge in [0.2, 0.25) is 0 Å². The molecule has 0 heterocycles. The fourth-order valence-electron chi connectivity index (χ4n) is 4.06. The summed E-state index contributed by atoms with van der Waals surface area (Å²) in [5.74, 6) is 2.26. The molecule has 0 bridgehead atoms. The molecule has 2 N–H and O–H groups in total. The van der Waals surface area contributed by atoms with Crippen LogP contribution in [0.5, 0.6) is 11.5 Å². The zero-order chi connectivity index (χ0) is 29.2. The second-order valence-corrected chi connectivity index (χ2v) is 9.85. The van der Waals surface area contributed by atoms with Crippen LogP contribution in [0.3, 0.4) is 0 Å². The number of hydrogen-bond donors (Lipinski definition) is 2.